The van der Waals surface area contributed by atoms with Gasteiger partial charge in [0.25, 0.3) is 0 Å². The number of phosphoric ester groups is 2. The summed E-state index contributed by atoms with van der Waals surface area (Å²) >= 11 is 0. The summed E-state index contributed by atoms with van der Waals surface area (Å²) < 4.78 is 68.2. The number of unbranched alkanes of at least 4 members (excludes halogenated alkanes) is 30. The molecule has 0 aliphatic heterocycles. The minimum absolute atomic E-state index is 0.0840. The quantitative estimate of drug-likeness (QED) is 0.0169. The number of allylic oxidation sites excluding steroid dienone is 4. The van der Waals surface area contributed by atoms with Crippen LogP contribution in [0, 0.1) is 17.8 Å². The lowest BCUT2D eigenvalue weighted by Crippen LogP contribution is -2.30. The Balaban J connectivity index is 5.29. The number of aliphatic hydroxyl groups is 1. The van der Waals surface area contributed by atoms with Crippen LogP contribution in [0.3, 0.4) is 0 Å². The Morgan fingerprint density at radius 2 is 0.663 bits per heavy atom. The fraction of sp³-hybridized carbons (Fsp3) is 0.886. The van der Waals surface area contributed by atoms with Crippen LogP contribution in [-0.2, 0) is 65.4 Å². The summed E-state index contributed by atoms with van der Waals surface area (Å²) in [7, 11) is -9.91. The molecule has 0 aromatic carbocycles. The van der Waals surface area contributed by atoms with Crippen LogP contribution in [0.25, 0.3) is 0 Å². The summed E-state index contributed by atoms with van der Waals surface area (Å²) in [6.45, 7) is 11.7. The summed E-state index contributed by atoms with van der Waals surface area (Å²) in [5, 5.41) is 10.6. The fourth-order valence-corrected chi connectivity index (χ4v) is 11.5. The topological polar surface area (TPSA) is 237 Å². The van der Waals surface area contributed by atoms with Crippen LogP contribution in [-0.4, -0.2) is 96.7 Å². The standard InChI is InChI=1S/C70H132O17P2/c1-8-10-11-12-13-14-15-16-17-18-19-23-30-39-46-53-69(74)86-65(57-80-67(72)51-44-37-29-26-25-28-36-43-50-63(7)9-2)59-84-88(76,77)82-55-64(71)56-83-89(78,79)85-60-66(58-81-68(73)52-45-38-33-32-35-42-49-62(5)6)87-70(75)54-47-40-31-24-21-20-22-27-34-41-48-61(3)4/h14-17,61-66,71H,8-13,18-60H2,1-7H3,(H,76,77)(H,78,79)/b15-14-,17-16-/t63?,64-,65-,66-/m1/s1. The third kappa shape index (κ3) is 62.7. The van der Waals surface area contributed by atoms with Gasteiger partial charge in [-0.2, -0.15) is 0 Å². The molecule has 0 aliphatic rings. The van der Waals surface area contributed by atoms with Crippen LogP contribution in [0.5, 0.6) is 0 Å². The molecule has 0 amide bonds. The number of aliphatic hydroxyl groups excluding tert-OH is 1. The summed E-state index contributed by atoms with van der Waals surface area (Å²) in [5.41, 5.74) is 0. The van der Waals surface area contributed by atoms with Crippen LogP contribution in [0.1, 0.15) is 325 Å². The second-order valence-corrected chi connectivity index (χ2v) is 28.7. The molecule has 0 spiro atoms. The van der Waals surface area contributed by atoms with E-state index in [0.717, 1.165) is 121 Å². The van der Waals surface area contributed by atoms with E-state index in [1.807, 2.05) is 0 Å². The van der Waals surface area contributed by atoms with E-state index in [9.17, 15) is 43.2 Å². The summed E-state index contributed by atoms with van der Waals surface area (Å²) in [6, 6.07) is 0. The largest absolute Gasteiger partial charge is 0.472 e. The number of ether oxygens (including phenoxy) is 4. The first-order valence-electron chi connectivity index (χ1n) is 35.7. The van der Waals surface area contributed by atoms with E-state index in [4.69, 9.17) is 37.0 Å². The van der Waals surface area contributed by atoms with Gasteiger partial charge in [0.15, 0.2) is 12.2 Å². The second-order valence-electron chi connectivity index (χ2n) is 25.8. The van der Waals surface area contributed by atoms with E-state index in [0.29, 0.717) is 31.6 Å². The van der Waals surface area contributed by atoms with E-state index in [2.05, 4.69) is 72.8 Å². The third-order valence-electron chi connectivity index (χ3n) is 15.9. The first kappa shape index (κ1) is 86.5. The van der Waals surface area contributed by atoms with Crippen molar-refractivity contribution in [2.75, 3.05) is 39.6 Å². The van der Waals surface area contributed by atoms with Gasteiger partial charge in [-0.15, -0.1) is 0 Å². The minimum atomic E-state index is -4.96. The van der Waals surface area contributed by atoms with Gasteiger partial charge in [0.2, 0.25) is 0 Å². The molecular formula is C70H132O17P2. The molecule has 0 bridgehead atoms. The van der Waals surface area contributed by atoms with Crippen molar-refractivity contribution >= 4 is 39.5 Å². The Kier molecular flexibility index (Phi) is 58.8. The highest BCUT2D eigenvalue weighted by molar-refractivity contribution is 7.47. The lowest BCUT2D eigenvalue weighted by molar-refractivity contribution is -0.161. The van der Waals surface area contributed by atoms with Crippen molar-refractivity contribution in [3.63, 3.8) is 0 Å². The van der Waals surface area contributed by atoms with Crippen LogP contribution < -0.4 is 0 Å². The number of phosphoric acid groups is 2. The number of hydrogen-bond acceptors (Lipinski definition) is 15. The van der Waals surface area contributed by atoms with Gasteiger partial charge in [0.1, 0.15) is 19.3 Å². The zero-order valence-corrected chi connectivity index (χ0v) is 59.2. The zero-order valence-electron chi connectivity index (χ0n) is 57.4. The van der Waals surface area contributed by atoms with E-state index in [-0.39, 0.29) is 25.7 Å². The molecule has 0 radical (unpaired) electrons. The highest BCUT2D eigenvalue weighted by atomic mass is 31.2. The molecule has 0 aromatic heterocycles. The number of esters is 4. The maximum absolute atomic E-state index is 13.0. The van der Waals surface area contributed by atoms with Crippen molar-refractivity contribution in [1.29, 1.82) is 0 Å². The molecule has 0 aromatic rings. The van der Waals surface area contributed by atoms with Gasteiger partial charge >= 0.3 is 39.5 Å². The minimum Gasteiger partial charge on any atom is -0.462 e. The molecule has 3 unspecified atom stereocenters. The molecule has 0 rings (SSSR count). The smallest absolute Gasteiger partial charge is 0.462 e. The Bertz CT molecular complexity index is 1840. The van der Waals surface area contributed by atoms with Crippen LogP contribution in [0.4, 0.5) is 0 Å². The van der Waals surface area contributed by atoms with Crippen molar-refractivity contribution in [3.8, 4) is 0 Å². The van der Waals surface area contributed by atoms with Gasteiger partial charge in [-0.3, -0.25) is 37.3 Å². The SMILES string of the molecule is CCCCCC/C=C\C=C/CCCCCCCC(=O)O[C@H](COC(=O)CCCCCCCCCCC(C)CC)COP(=O)(O)OC[C@@H](O)COP(=O)(O)OC[C@@H](COC(=O)CCCCCCCCC(C)C)OC(=O)CCCCCCCCCCCCC(C)C. The lowest BCUT2D eigenvalue weighted by Gasteiger charge is -2.21. The van der Waals surface area contributed by atoms with E-state index in [1.54, 1.807) is 0 Å². The molecule has 17 nitrogen and oxygen atoms in total. The maximum atomic E-state index is 13.0. The average Bonchev–Trinajstić information content (AvgIpc) is 3.50. The van der Waals surface area contributed by atoms with Crippen molar-refractivity contribution in [2.24, 2.45) is 17.8 Å². The van der Waals surface area contributed by atoms with Crippen molar-refractivity contribution in [3.05, 3.63) is 24.3 Å². The van der Waals surface area contributed by atoms with Gasteiger partial charge in [-0.05, 0) is 69.1 Å². The van der Waals surface area contributed by atoms with Crippen LogP contribution in [0.2, 0.25) is 0 Å². The predicted octanol–water partition coefficient (Wildman–Crippen LogP) is 19.4. The van der Waals surface area contributed by atoms with Gasteiger partial charge in [0.05, 0.1) is 26.4 Å². The van der Waals surface area contributed by atoms with Crippen molar-refractivity contribution < 1.29 is 80.2 Å². The van der Waals surface area contributed by atoms with Gasteiger partial charge in [-0.25, -0.2) is 9.13 Å². The molecule has 0 aliphatic carbocycles. The third-order valence-corrected chi connectivity index (χ3v) is 17.8. The molecule has 19 heteroatoms. The highest BCUT2D eigenvalue weighted by Crippen LogP contribution is 2.45. The first-order chi connectivity index (χ1) is 42.8. The molecule has 524 valence electrons. The normalized spacial score (nSPS) is 14.7. The van der Waals surface area contributed by atoms with Gasteiger partial charge in [-0.1, -0.05) is 272 Å². The predicted molar refractivity (Wildman–Crippen MR) is 358 cm³/mol. The number of hydrogen-bond donors (Lipinski definition) is 3. The number of rotatable bonds is 66. The van der Waals surface area contributed by atoms with Crippen LogP contribution >= 0.6 is 15.6 Å². The second kappa shape index (κ2) is 60.5. The Morgan fingerprint density at radius 3 is 1.00 bits per heavy atom. The maximum Gasteiger partial charge on any atom is 0.472 e. The molecule has 0 fully saturated rings. The summed E-state index contributed by atoms with van der Waals surface area (Å²) in [4.78, 5) is 72.5. The molecule has 0 saturated heterocycles. The van der Waals surface area contributed by atoms with Gasteiger partial charge < -0.3 is 33.8 Å². The molecule has 89 heavy (non-hydrogen) atoms. The molecular weight excluding hydrogens is 1170 g/mol. The fourth-order valence-electron chi connectivity index (χ4n) is 9.97. The Labute approximate surface area is 542 Å². The van der Waals surface area contributed by atoms with Crippen molar-refractivity contribution in [2.45, 2.75) is 343 Å². The molecule has 0 heterocycles. The molecule has 3 N–H and O–H groups in total. The van der Waals surface area contributed by atoms with E-state index >= 15 is 0 Å². The summed E-state index contributed by atoms with van der Waals surface area (Å²) in [6.07, 6.45) is 46.7. The van der Waals surface area contributed by atoms with E-state index < -0.39 is 97.5 Å². The molecule has 0 saturated carbocycles. The Morgan fingerprint density at radius 1 is 0.371 bits per heavy atom. The lowest BCUT2D eigenvalue weighted by atomic mass is 9.99. The highest BCUT2D eigenvalue weighted by Gasteiger charge is 2.30. The molecule has 6 atom stereocenters. The van der Waals surface area contributed by atoms with Gasteiger partial charge in [0, 0.05) is 25.7 Å². The first-order valence-corrected chi connectivity index (χ1v) is 38.7. The Hall–Kier alpha value is -2.46. The number of carbonyl (C=O) groups is 4. The summed E-state index contributed by atoms with van der Waals surface area (Å²) in [5.74, 6) is 0.0429. The van der Waals surface area contributed by atoms with E-state index in [1.165, 1.54) is 116 Å². The zero-order chi connectivity index (χ0) is 65.9. The van der Waals surface area contributed by atoms with Crippen molar-refractivity contribution in [1.82, 2.24) is 0 Å². The average molecular weight is 1310 g/mol. The number of carbonyl (C=O) groups excluding carboxylic acids is 4. The van der Waals surface area contributed by atoms with Crippen LogP contribution in [0.15, 0.2) is 24.3 Å². The monoisotopic (exact) mass is 1310 g/mol.